The first-order valence-electron chi connectivity index (χ1n) is 6.39. The van der Waals surface area contributed by atoms with Gasteiger partial charge >= 0.3 is 0 Å². The number of piperidine rings is 1. The van der Waals surface area contributed by atoms with Gasteiger partial charge in [-0.15, -0.1) is 0 Å². The SMILES string of the molecule is O=S(=O)(CCN1CCCC1)N1CCCCC1. The summed E-state index contributed by atoms with van der Waals surface area (Å²) in [4.78, 5) is 2.27. The van der Waals surface area contributed by atoms with Crippen molar-refractivity contribution in [1.82, 2.24) is 9.21 Å². The maximum absolute atomic E-state index is 12.0. The molecular weight excluding hydrogens is 224 g/mol. The van der Waals surface area contributed by atoms with Crippen molar-refractivity contribution in [3.63, 3.8) is 0 Å². The van der Waals surface area contributed by atoms with Crippen LogP contribution in [0.2, 0.25) is 0 Å². The summed E-state index contributed by atoms with van der Waals surface area (Å²) in [5.41, 5.74) is 0. The zero-order valence-corrected chi connectivity index (χ0v) is 10.7. The fourth-order valence-corrected chi connectivity index (χ4v) is 4.08. The van der Waals surface area contributed by atoms with Crippen molar-refractivity contribution in [2.45, 2.75) is 32.1 Å². The molecule has 0 radical (unpaired) electrons. The number of hydrogen-bond donors (Lipinski definition) is 0. The minimum absolute atomic E-state index is 0.312. The molecular formula is C11H22N2O2S. The summed E-state index contributed by atoms with van der Waals surface area (Å²) in [6, 6.07) is 0. The molecule has 0 amide bonds. The third-order valence-electron chi connectivity index (χ3n) is 3.57. The summed E-state index contributed by atoms with van der Waals surface area (Å²) in [5.74, 6) is 0.312. The van der Waals surface area contributed by atoms with Crippen LogP contribution in [-0.4, -0.2) is 56.1 Å². The predicted octanol–water partition coefficient (Wildman–Crippen LogP) is 0.898. The lowest BCUT2D eigenvalue weighted by molar-refractivity contribution is 0.332. The van der Waals surface area contributed by atoms with Crippen LogP contribution in [0.3, 0.4) is 0 Å². The molecule has 0 atom stereocenters. The molecule has 0 unspecified atom stereocenters. The first-order chi connectivity index (χ1) is 7.68. The van der Waals surface area contributed by atoms with Gasteiger partial charge in [0.05, 0.1) is 5.75 Å². The monoisotopic (exact) mass is 246 g/mol. The van der Waals surface area contributed by atoms with E-state index in [0.717, 1.165) is 45.6 Å². The Kier molecular flexibility index (Phi) is 4.21. The summed E-state index contributed by atoms with van der Waals surface area (Å²) < 4.78 is 25.8. The summed E-state index contributed by atoms with van der Waals surface area (Å²) >= 11 is 0. The molecule has 0 spiro atoms. The van der Waals surface area contributed by atoms with E-state index in [4.69, 9.17) is 0 Å². The van der Waals surface area contributed by atoms with Gasteiger partial charge in [-0.2, -0.15) is 0 Å². The Labute approximate surface area is 98.7 Å². The van der Waals surface area contributed by atoms with Gasteiger partial charge in [-0.1, -0.05) is 6.42 Å². The molecule has 0 aliphatic carbocycles. The highest BCUT2D eigenvalue weighted by molar-refractivity contribution is 7.89. The molecule has 0 saturated carbocycles. The molecule has 4 nitrogen and oxygen atoms in total. The molecule has 2 aliphatic heterocycles. The molecule has 2 aliphatic rings. The van der Waals surface area contributed by atoms with Crippen LogP contribution in [-0.2, 0) is 10.0 Å². The molecule has 0 N–H and O–H groups in total. The normalized spacial score (nSPS) is 25.0. The molecule has 0 aromatic carbocycles. The molecule has 2 saturated heterocycles. The Morgan fingerprint density at radius 1 is 0.812 bits per heavy atom. The second-order valence-electron chi connectivity index (χ2n) is 4.82. The van der Waals surface area contributed by atoms with Gasteiger partial charge in [0, 0.05) is 19.6 Å². The van der Waals surface area contributed by atoms with Gasteiger partial charge in [-0.25, -0.2) is 12.7 Å². The highest BCUT2D eigenvalue weighted by atomic mass is 32.2. The molecule has 2 rings (SSSR count). The van der Waals surface area contributed by atoms with Crippen molar-refractivity contribution in [2.75, 3.05) is 38.5 Å². The van der Waals surface area contributed by atoms with Gasteiger partial charge in [0.1, 0.15) is 0 Å². The van der Waals surface area contributed by atoms with Gasteiger partial charge in [0.25, 0.3) is 0 Å². The molecule has 0 aromatic heterocycles. The van der Waals surface area contributed by atoms with Crippen molar-refractivity contribution in [2.24, 2.45) is 0 Å². The van der Waals surface area contributed by atoms with E-state index >= 15 is 0 Å². The molecule has 2 heterocycles. The first-order valence-corrected chi connectivity index (χ1v) is 7.99. The molecule has 16 heavy (non-hydrogen) atoms. The van der Waals surface area contributed by atoms with E-state index in [1.807, 2.05) is 0 Å². The Bertz CT molecular complexity index is 304. The lowest BCUT2D eigenvalue weighted by Crippen LogP contribution is -2.40. The third kappa shape index (κ3) is 3.18. The Hall–Kier alpha value is -0.130. The minimum Gasteiger partial charge on any atom is -0.302 e. The smallest absolute Gasteiger partial charge is 0.215 e. The fraction of sp³-hybridized carbons (Fsp3) is 1.00. The highest BCUT2D eigenvalue weighted by Gasteiger charge is 2.24. The fourth-order valence-electron chi connectivity index (χ4n) is 2.52. The van der Waals surface area contributed by atoms with E-state index < -0.39 is 10.0 Å². The summed E-state index contributed by atoms with van der Waals surface area (Å²) in [7, 11) is -2.98. The molecule has 5 heteroatoms. The van der Waals surface area contributed by atoms with Crippen LogP contribution in [0.15, 0.2) is 0 Å². The van der Waals surface area contributed by atoms with Crippen molar-refractivity contribution >= 4 is 10.0 Å². The number of likely N-dealkylation sites (tertiary alicyclic amines) is 1. The van der Waals surface area contributed by atoms with Gasteiger partial charge in [0.15, 0.2) is 0 Å². The van der Waals surface area contributed by atoms with E-state index in [2.05, 4.69) is 4.90 Å². The average molecular weight is 246 g/mol. The van der Waals surface area contributed by atoms with Gasteiger partial charge in [-0.05, 0) is 38.8 Å². The van der Waals surface area contributed by atoms with E-state index in [-0.39, 0.29) is 0 Å². The van der Waals surface area contributed by atoms with E-state index in [9.17, 15) is 8.42 Å². The van der Waals surface area contributed by atoms with Gasteiger partial charge < -0.3 is 4.90 Å². The van der Waals surface area contributed by atoms with Crippen LogP contribution < -0.4 is 0 Å². The topological polar surface area (TPSA) is 40.6 Å². The molecule has 0 aromatic rings. The van der Waals surface area contributed by atoms with E-state index in [1.54, 1.807) is 4.31 Å². The van der Waals surface area contributed by atoms with E-state index in [1.165, 1.54) is 19.3 Å². The Balaban J connectivity index is 1.81. The predicted molar refractivity (Wildman–Crippen MR) is 64.9 cm³/mol. The molecule has 0 bridgehead atoms. The largest absolute Gasteiger partial charge is 0.302 e. The van der Waals surface area contributed by atoms with Gasteiger partial charge in [0.2, 0.25) is 10.0 Å². The van der Waals surface area contributed by atoms with Crippen LogP contribution in [0, 0.1) is 0 Å². The highest BCUT2D eigenvalue weighted by Crippen LogP contribution is 2.14. The van der Waals surface area contributed by atoms with Crippen LogP contribution >= 0.6 is 0 Å². The maximum Gasteiger partial charge on any atom is 0.215 e. The van der Waals surface area contributed by atoms with Crippen molar-refractivity contribution < 1.29 is 8.42 Å². The Morgan fingerprint density at radius 3 is 2.00 bits per heavy atom. The number of hydrogen-bond acceptors (Lipinski definition) is 3. The molecule has 2 fully saturated rings. The van der Waals surface area contributed by atoms with Crippen LogP contribution in [0.25, 0.3) is 0 Å². The lowest BCUT2D eigenvalue weighted by atomic mass is 10.2. The summed E-state index contributed by atoms with van der Waals surface area (Å²) in [5, 5.41) is 0. The summed E-state index contributed by atoms with van der Waals surface area (Å²) in [6.45, 7) is 4.36. The van der Waals surface area contributed by atoms with E-state index in [0.29, 0.717) is 5.75 Å². The van der Waals surface area contributed by atoms with Crippen LogP contribution in [0.5, 0.6) is 0 Å². The summed E-state index contributed by atoms with van der Waals surface area (Å²) in [6.07, 6.45) is 5.69. The second-order valence-corrected chi connectivity index (χ2v) is 6.91. The molecule has 94 valence electrons. The number of nitrogens with zero attached hydrogens (tertiary/aromatic N) is 2. The zero-order chi connectivity index (χ0) is 11.4. The standard InChI is InChI=1S/C11H22N2O2S/c14-16(15,13-8-2-1-3-9-13)11-10-12-6-4-5-7-12/h1-11H2. The average Bonchev–Trinajstić information content (AvgIpc) is 2.81. The van der Waals surface area contributed by atoms with Crippen LogP contribution in [0.4, 0.5) is 0 Å². The number of rotatable bonds is 4. The lowest BCUT2D eigenvalue weighted by Gasteiger charge is -2.26. The number of sulfonamides is 1. The van der Waals surface area contributed by atoms with Crippen molar-refractivity contribution in [1.29, 1.82) is 0 Å². The third-order valence-corrected chi connectivity index (χ3v) is 5.42. The maximum atomic E-state index is 12.0. The first kappa shape index (κ1) is 12.3. The Morgan fingerprint density at radius 2 is 1.38 bits per heavy atom. The quantitative estimate of drug-likeness (QED) is 0.740. The minimum atomic E-state index is -2.98. The second kappa shape index (κ2) is 5.47. The van der Waals surface area contributed by atoms with Crippen molar-refractivity contribution in [3.05, 3.63) is 0 Å². The van der Waals surface area contributed by atoms with Crippen LogP contribution in [0.1, 0.15) is 32.1 Å². The van der Waals surface area contributed by atoms with Gasteiger partial charge in [-0.3, -0.25) is 0 Å². The van der Waals surface area contributed by atoms with Crippen molar-refractivity contribution in [3.8, 4) is 0 Å². The zero-order valence-electron chi connectivity index (χ0n) is 9.90.